The maximum Gasteiger partial charge on any atom is 0.0541 e. The van der Waals surface area contributed by atoms with Crippen molar-refractivity contribution in [1.29, 1.82) is 0 Å². The number of aliphatic hydroxyl groups excluding tert-OH is 1. The summed E-state index contributed by atoms with van der Waals surface area (Å²) in [6, 6.07) is 0.360. The van der Waals surface area contributed by atoms with Crippen molar-refractivity contribution in [2.24, 2.45) is 5.73 Å². The van der Waals surface area contributed by atoms with Crippen LogP contribution in [0.4, 0.5) is 0 Å². The van der Waals surface area contributed by atoms with Gasteiger partial charge in [-0.2, -0.15) is 0 Å². The first-order valence-corrected chi connectivity index (χ1v) is 3.22. The van der Waals surface area contributed by atoms with Crippen molar-refractivity contribution in [3.63, 3.8) is 0 Å². The van der Waals surface area contributed by atoms with Crippen LogP contribution in [-0.2, 0) is 17.1 Å². The van der Waals surface area contributed by atoms with Gasteiger partial charge in [0.1, 0.15) is 0 Å². The van der Waals surface area contributed by atoms with Gasteiger partial charge >= 0.3 is 0 Å². The monoisotopic (exact) mass is 171 g/mol. The van der Waals surface area contributed by atoms with Gasteiger partial charge in [0, 0.05) is 23.1 Å². The molecule has 0 aliphatic heterocycles. The quantitative estimate of drug-likeness (QED) is 0.513. The Hall–Kier alpha value is 0.439. The Morgan fingerprint density at radius 3 is 1.89 bits per heavy atom. The molecular weight excluding hydrogens is 158 g/mol. The fraction of sp³-hybridized carbons (Fsp3) is 1.00. The molecule has 56 valence electrons. The molecule has 1 saturated carbocycles. The van der Waals surface area contributed by atoms with E-state index < -0.39 is 0 Å². The average Bonchev–Trinajstić information content (AvgIpc) is 1.77. The zero-order chi connectivity index (χ0) is 5.98. The number of hydrogen-bond donors (Lipinski definition) is 2. The van der Waals surface area contributed by atoms with Crippen LogP contribution in [0.1, 0.15) is 25.7 Å². The largest absolute Gasteiger partial charge is 0.393 e. The molecule has 0 heterocycles. The van der Waals surface area contributed by atoms with Crippen molar-refractivity contribution in [2.75, 3.05) is 0 Å². The van der Waals surface area contributed by atoms with Gasteiger partial charge in [0.05, 0.1) is 6.10 Å². The summed E-state index contributed by atoms with van der Waals surface area (Å²) in [6.07, 6.45) is 3.75. The molecular formula is C6H13FeNO. The van der Waals surface area contributed by atoms with E-state index in [0.717, 1.165) is 25.7 Å². The van der Waals surface area contributed by atoms with Gasteiger partial charge in [0.25, 0.3) is 0 Å². The summed E-state index contributed by atoms with van der Waals surface area (Å²) < 4.78 is 0. The Kier molecular flexibility index (Phi) is 4.50. The summed E-state index contributed by atoms with van der Waals surface area (Å²) in [5, 5.41) is 8.97. The molecule has 0 unspecified atom stereocenters. The molecule has 3 N–H and O–H groups in total. The third-order valence-electron chi connectivity index (χ3n) is 1.74. The van der Waals surface area contributed by atoms with Crippen LogP contribution in [0.5, 0.6) is 0 Å². The Morgan fingerprint density at radius 1 is 1.11 bits per heavy atom. The molecule has 0 spiro atoms. The van der Waals surface area contributed by atoms with E-state index in [9.17, 15) is 0 Å². The van der Waals surface area contributed by atoms with E-state index >= 15 is 0 Å². The first kappa shape index (κ1) is 9.44. The molecule has 1 aliphatic carbocycles. The van der Waals surface area contributed by atoms with Gasteiger partial charge in [-0.1, -0.05) is 0 Å². The standard InChI is InChI=1S/C6H13NO.Fe/c7-5-1-3-6(8)4-2-5;/h5-6,8H,1-4,7H2;. The molecule has 0 aromatic rings. The van der Waals surface area contributed by atoms with E-state index in [-0.39, 0.29) is 23.2 Å². The molecule has 0 atom stereocenters. The molecule has 0 radical (unpaired) electrons. The summed E-state index contributed by atoms with van der Waals surface area (Å²) in [7, 11) is 0. The van der Waals surface area contributed by atoms with E-state index in [1.807, 2.05) is 0 Å². The van der Waals surface area contributed by atoms with Gasteiger partial charge in [-0.25, -0.2) is 0 Å². The van der Waals surface area contributed by atoms with E-state index in [2.05, 4.69) is 0 Å². The van der Waals surface area contributed by atoms with Crippen LogP contribution in [0.3, 0.4) is 0 Å². The molecule has 2 nitrogen and oxygen atoms in total. The molecule has 0 aromatic carbocycles. The number of rotatable bonds is 0. The fourth-order valence-corrected chi connectivity index (χ4v) is 1.10. The first-order valence-electron chi connectivity index (χ1n) is 3.22. The van der Waals surface area contributed by atoms with Gasteiger partial charge < -0.3 is 10.8 Å². The third-order valence-corrected chi connectivity index (χ3v) is 1.74. The Labute approximate surface area is 66.3 Å². The minimum absolute atomic E-state index is 0. The molecule has 1 rings (SSSR count). The normalized spacial score (nSPS) is 35.3. The number of aliphatic hydroxyl groups is 1. The smallest absolute Gasteiger partial charge is 0.0541 e. The summed E-state index contributed by atoms with van der Waals surface area (Å²) in [4.78, 5) is 0. The van der Waals surface area contributed by atoms with Crippen molar-refractivity contribution in [2.45, 2.75) is 37.8 Å². The molecule has 3 heteroatoms. The maximum atomic E-state index is 8.97. The number of hydrogen-bond acceptors (Lipinski definition) is 2. The van der Waals surface area contributed by atoms with E-state index in [0.29, 0.717) is 6.04 Å². The van der Waals surface area contributed by atoms with E-state index in [1.165, 1.54) is 0 Å². The van der Waals surface area contributed by atoms with Gasteiger partial charge in [0.15, 0.2) is 0 Å². The van der Waals surface area contributed by atoms with Gasteiger partial charge in [-0.05, 0) is 25.7 Å². The summed E-state index contributed by atoms with van der Waals surface area (Å²) in [5.41, 5.74) is 5.59. The van der Waals surface area contributed by atoms with Crippen molar-refractivity contribution in [3.05, 3.63) is 0 Å². The Bertz CT molecular complexity index is 61.5. The third kappa shape index (κ3) is 3.21. The van der Waals surface area contributed by atoms with Gasteiger partial charge in [-0.15, -0.1) is 0 Å². The zero-order valence-corrected chi connectivity index (χ0v) is 6.47. The SMILES string of the molecule is NC1CCC(O)CC1.[Fe]. The van der Waals surface area contributed by atoms with Crippen LogP contribution >= 0.6 is 0 Å². The number of nitrogens with two attached hydrogens (primary N) is 1. The molecule has 0 saturated heterocycles. The first-order chi connectivity index (χ1) is 3.79. The zero-order valence-electron chi connectivity index (χ0n) is 5.36. The molecule has 9 heavy (non-hydrogen) atoms. The van der Waals surface area contributed by atoms with Crippen LogP contribution in [-0.4, -0.2) is 17.3 Å². The second-order valence-corrected chi connectivity index (χ2v) is 2.57. The minimum Gasteiger partial charge on any atom is -0.393 e. The van der Waals surface area contributed by atoms with Gasteiger partial charge in [-0.3, -0.25) is 0 Å². The predicted octanol–water partition coefficient (Wildman–Crippen LogP) is 0.246. The fourth-order valence-electron chi connectivity index (χ4n) is 1.10. The summed E-state index contributed by atoms with van der Waals surface area (Å²) in [5.74, 6) is 0. The summed E-state index contributed by atoms with van der Waals surface area (Å²) >= 11 is 0. The molecule has 0 aromatic heterocycles. The Balaban J connectivity index is 0.000000640. The van der Waals surface area contributed by atoms with Crippen molar-refractivity contribution in [1.82, 2.24) is 0 Å². The van der Waals surface area contributed by atoms with Crippen LogP contribution in [0, 0.1) is 0 Å². The summed E-state index contributed by atoms with van der Waals surface area (Å²) in [6.45, 7) is 0. The van der Waals surface area contributed by atoms with Crippen LogP contribution in [0.15, 0.2) is 0 Å². The van der Waals surface area contributed by atoms with Crippen molar-refractivity contribution >= 4 is 0 Å². The average molecular weight is 171 g/mol. The second-order valence-electron chi connectivity index (χ2n) is 2.57. The van der Waals surface area contributed by atoms with Crippen LogP contribution in [0.25, 0.3) is 0 Å². The predicted molar refractivity (Wildman–Crippen MR) is 32.5 cm³/mol. The molecule has 1 fully saturated rings. The van der Waals surface area contributed by atoms with Crippen LogP contribution in [0.2, 0.25) is 0 Å². The van der Waals surface area contributed by atoms with Crippen molar-refractivity contribution < 1.29 is 22.2 Å². The second kappa shape index (κ2) is 4.29. The molecule has 0 amide bonds. The van der Waals surface area contributed by atoms with E-state index in [1.54, 1.807) is 0 Å². The van der Waals surface area contributed by atoms with Gasteiger partial charge in [0.2, 0.25) is 0 Å². The maximum absolute atomic E-state index is 8.97. The van der Waals surface area contributed by atoms with Crippen LogP contribution < -0.4 is 5.73 Å². The molecule has 0 bridgehead atoms. The van der Waals surface area contributed by atoms with Crippen molar-refractivity contribution in [3.8, 4) is 0 Å². The van der Waals surface area contributed by atoms with E-state index in [4.69, 9.17) is 10.8 Å². The molecule has 1 aliphatic rings. The Morgan fingerprint density at radius 2 is 1.56 bits per heavy atom. The minimum atomic E-state index is -0.0604. The topological polar surface area (TPSA) is 46.2 Å².